The van der Waals surface area contributed by atoms with Gasteiger partial charge in [0.2, 0.25) is 0 Å². The number of halogens is 1. The predicted octanol–water partition coefficient (Wildman–Crippen LogP) is 2.28. The maximum atomic E-state index is 14.5. The molecular weight excluding hydrogens is 229 g/mol. The normalized spacial score (nSPS) is 17.5. The molecule has 0 spiro atoms. The minimum atomic E-state index is -0.144. The Hall–Kier alpha value is -1.29. The summed E-state index contributed by atoms with van der Waals surface area (Å²) < 4.78 is 14.5. The Kier molecular flexibility index (Phi) is 3.76. The highest BCUT2D eigenvalue weighted by atomic mass is 19.1. The summed E-state index contributed by atoms with van der Waals surface area (Å²) in [6.45, 7) is 7.64. The van der Waals surface area contributed by atoms with E-state index in [9.17, 15) is 4.39 Å². The zero-order chi connectivity index (χ0) is 13.3. The molecule has 1 aliphatic rings. The maximum absolute atomic E-state index is 14.5. The van der Waals surface area contributed by atoms with Crippen molar-refractivity contribution in [3.8, 4) is 0 Å². The van der Waals surface area contributed by atoms with E-state index in [1.807, 2.05) is 26.0 Å². The number of anilines is 2. The molecule has 1 saturated heterocycles. The maximum Gasteiger partial charge on any atom is 0.151 e. The smallest absolute Gasteiger partial charge is 0.151 e. The van der Waals surface area contributed by atoms with Crippen molar-refractivity contribution >= 4 is 11.4 Å². The lowest BCUT2D eigenvalue weighted by molar-refractivity contribution is 0.311. The van der Waals surface area contributed by atoms with E-state index in [2.05, 4.69) is 16.8 Å². The van der Waals surface area contributed by atoms with Gasteiger partial charge in [0, 0.05) is 37.4 Å². The average Bonchev–Trinajstić information content (AvgIpc) is 2.30. The summed E-state index contributed by atoms with van der Waals surface area (Å²) in [5.74, 6) is -0.0352. The highest BCUT2D eigenvalue weighted by Gasteiger charge is 2.21. The van der Waals surface area contributed by atoms with Crippen molar-refractivity contribution in [2.75, 3.05) is 43.9 Å². The van der Waals surface area contributed by atoms with Gasteiger partial charge in [0.15, 0.2) is 5.82 Å². The Morgan fingerprint density at radius 2 is 1.78 bits per heavy atom. The topological polar surface area (TPSA) is 32.5 Å². The molecule has 0 amide bonds. The number of hydrogen-bond donors (Lipinski definition) is 1. The number of piperazine rings is 1. The third-order valence-corrected chi connectivity index (χ3v) is 3.61. The summed E-state index contributed by atoms with van der Waals surface area (Å²) in [7, 11) is 2.09. The van der Waals surface area contributed by atoms with E-state index in [1.165, 1.54) is 0 Å². The van der Waals surface area contributed by atoms with Crippen LogP contribution in [0.15, 0.2) is 12.1 Å². The molecule has 0 atom stereocenters. The van der Waals surface area contributed by atoms with Crippen molar-refractivity contribution in [3.63, 3.8) is 0 Å². The first-order chi connectivity index (χ1) is 8.50. The first-order valence-electron chi connectivity index (χ1n) is 6.52. The van der Waals surface area contributed by atoms with E-state index >= 15 is 0 Å². The fourth-order valence-electron chi connectivity index (χ4n) is 2.47. The number of nitrogens with two attached hydrogens (primary N) is 1. The average molecular weight is 251 g/mol. The first kappa shape index (κ1) is 13.1. The highest BCUT2D eigenvalue weighted by molar-refractivity contribution is 5.61. The lowest BCUT2D eigenvalue weighted by Gasteiger charge is -2.34. The number of hydrogen-bond acceptors (Lipinski definition) is 3. The zero-order valence-electron chi connectivity index (χ0n) is 11.4. The van der Waals surface area contributed by atoms with Gasteiger partial charge < -0.3 is 15.5 Å². The molecule has 3 nitrogen and oxygen atoms in total. The van der Waals surface area contributed by atoms with Crippen molar-refractivity contribution in [2.45, 2.75) is 19.8 Å². The van der Waals surface area contributed by atoms with E-state index in [0.29, 0.717) is 16.9 Å². The molecule has 1 aromatic rings. The van der Waals surface area contributed by atoms with Gasteiger partial charge in [-0.1, -0.05) is 13.8 Å². The molecule has 0 aliphatic carbocycles. The fraction of sp³-hybridized carbons (Fsp3) is 0.571. The van der Waals surface area contributed by atoms with Crippen LogP contribution in [0.1, 0.15) is 25.3 Å². The molecule has 1 heterocycles. The molecule has 2 N–H and O–H groups in total. The van der Waals surface area contributed by atoms with E-state index in [1.54, 1.807) is 0 Å². The highest BCUT2D eigenvalue weighted by Crippen LogP contribution is 2.32. The SMILES string of the molecule is CC(C)c1c(N)ccc(N2CCN(C)CC2)c1F. The molecule has 0 aromatic heterocycles. The third kappa shape index (κ3) is 2.43. The van der Waals surface area contributed by atoms with Crippen molar-refractivity contribution in [1.29, 1.82) is 0 Å². The molecule has 2 rings (SSSR count). The van der Waals surface area contributed by atoms with Gasteiger partial charge in [0.05, 0.1) is 5.69 Å². The van der Waals surface area contributed by atoms with Crippen molar-refractivity contribution in [1.82, 2.24) is 4.90 Å². The molecule has 18 heavy (non-hydrogen) atoms. The van der Waals surface area contributed by atoms with Crippen LogP contribution in [0, 0.1) is 5.82 Å². The van der Waals surface area contributed by atoms with E-state index in [4.69, 9.17) is 5.73 Å². The van der Waals surface area contributed by atoms with Crippen LogP contribution >= 0.6 is 0 Å². The Morgan fingerprint density at radius 3 is 2.33 bits per heavy atom. The van der Waals surface area contributed by atoms with Crippen LogP contribution in [0.2, 0.25) is 0 Å². The Balaban J connectivity index is 2.31. The van der Waals surface area contributed by atoms with Crippen LogP contribution in [-0.4, -0.2) is 38.1 Å². The number of nitrogens with zero attached hydrogens (tertiary/aromatic N) is 2. The van der Waals surface area contributed by atoms with E-state index in [0.717, 1.165) is 26.2 Å². The number of rotatable bonds is 2. The lowest BCUT2D eigenvalue weighted by atomic mass is 9.99. The minimum absolute atomic E-state index is 0.109. The Bertz CT molecular complexity index is 423. The van der Waals surface area contributed by atoms with Crippen LogP contribution in [0.4, 0.5) is 15.8 Å². The molecule has 0 bridgehead atoms. The summed E-state index contributed by atoms with van der Waals surface area (Å²) in [4.78, 5) is 4.37. The fourth-order valence-corrected chi connectivity index (χ4v) is 2.47. The van der Waals surface area contributed by atoms with Gasteiger partial charge in [-0.3, -0.25) is 0 Å². The molecule has 0 radical (unpaired) electrons. The summed E-state index contributed by atoms with van der Waals surface area (Å²) in [6.07, 6.45) is 0. The Labute approximate surface area is 108 Å². The molecule has 0 saturated carbocycles. The van der Waals surface area contributed by atoms with Gasteiger partial charge in [-0.2, -0.15) is 0 Å². The molecule has 1 fully saturated rings. The molecule has 100 valence electrons. The van der Waals surface area contributed by atoms with Gasteiger partial charge in [0.25, 0.3) is 0 Å². The first-order valence-corrected chi connectivity index (χ1v) is 6.52. The quantitative estimate of drug-likeness (QED) is 0.819. The summed E-state index contributed by atoms with van der Waals surface area (Å²) in [6, 6.07) is 3.63. The van der Waals surface area contributed by atoms with Gasteiger partial charge in [0.1, 0.15) is 0 Å². The molecule has 4 heteroatoms. The van der Waals surface area contributed by atoms with Gasteiger partial charge in [-0.05, 0) is 25.1 Å². The Morgan fingerprint density at radius 1 is 1.17 bits per heavy atom. The summed E-state index contributed by atoms with van der Waals surface area (Å²) in [5.41, 5.74) is 7.77. The monoisotopic (exact) mass is 251 g/mol. The van der Waals surface area contributed by atoms with Gasteiger partial charge in [-0.25, -0.2) is 4.39 Å². The largest absolute Gasteiger partial charge is 0.398 e. The second-order valence-corrected chi connectivity index (χ2v) is 5.35. The number of benzene rings is 1. The van der Waals surface area contributed by atoms with Gasteiger partial charge in [-0.15, -0.1) is 0 Å². The lowest BCUT2D eigenvalue weighted by Crippen LogP contribution is -2.44. The van der Waals surface area contributed by atoms with E-state index < -0.39 is 0 Å². The van der Waals surface area contributed by atoms with Crippen molar-refractivity contribution < 1.29 is 4.39 Å². The summed E-state index contributed by atoms with van der Waals surface area (Å²) in [5, 5.41) is 0. The van der Waals surface area contributed by atoms with Crippen LogP contribution in [-0.2, 0) is 0 Å². The van der Waals surface area contributed by atoms with Crippen molar-refractivity contribution in [2.24, 2.45) is 0 Å². The number of likely N-dealkylation sites (N-methyl/N-ethyl adjacent to an activating group) is 1. The van der Waals surface area contributed by atoms with E-state index in [-0.39, 0.29) is 11.7 Å². The van der Waals surface area contributed by atoms with Crippen molar-refractivity contribution in [3.05, 3.63) is 23.5 Å². The third-order valence-electron chi connectivity index (χ3n) is 3.61. The van der Waals surface area contributed by atoms with Crippen LogP contribution in [0.3, 0.4) is 0 Å². The van der Waals surface area contributed by atoms with Crippen LogP contribution in [0.25, 0.3) is 0 Å². The predicted molar refractivity (Wildman–Crippen MR) is 74.6 cm³/mol. The molecule has 1 aliphatic heterocycles. The molecule has 1 aromatic carbocycles. The second kappa shape index (κ2) is 5.14. The number of nitrogen functional groups attached to an aromatic ring is 1. The zero-order valence-corrected chi connectivity index (χ0v) is 11.4. The van der Waals surface area contributed by atoms with Gasteiger partial charge >= 0.3 is 0 Å². The molecule has 0 unspecified atom stereocenters. The van der Waals surface area contributed by atoms with Crippen LogP contribution < -0.4 is 10.6 Å². The van der Waals surface area contributed by atoms with Crippen LogP contribution in [0.5, 0.6) is 0 Å². The second-order valence-electron chi connectivity index (χ2n) is 5.35. The standard InChI is InChI=1S/C14H22FN3/c1-10(2)13-11(16)4-5-12(14(13)15)18-8-6-17(3)7-9-18/h4-5,10H,6-9,16H2,1-3H3. The molecular formula is C14H22FN3. The minimum Gasteiger partial charge on any atom is -0.398 e. The summed E-state index contributed by atoms with van der Waals surface area (Å²) >= 11 is 0.